The Bertz CT molecular complexity index is 791. The fourth-order valence-electron chi connectivity index (χ4n) is 2.31. The van der Waals surface area contributed by atoms with E-state index in [2.05, 4.69) is 20.8 Å². The molecule has 1 aliphatic heterocycles. The first-order valence-electron chi connectivity index (χ1n) is 7.00. The molecular formula is C13H15N5O3S2. The smallest absolute Gasteiger partial charge is 0.230 e. The van der Waals surface area contributed by atoms with Crippen molar-refractivity contribution >= 4 is 27.5 Å². The SMILES string of the molecule is O=C(CSc1nnnn1-c1ccccc1)N[C@H]1CCS(=O)(=O)C1. The number of carbonyl (C=O) groups excluding carboxylic acids is 1. The molecule has 122 valence electrons. The molecule has 1 aromatic carbocycles. The van der Waals surface area contributed by atoms with E-state index in [1.807, 2.05) is 30.3 Å². The third-order valence-corrected chi connectivity index (χ3v) is 6.06. The number of amides is 1. The largest absolute Gasteiger partial charge is 0.352 e. The minimum Gasteiger partial charge on any atom is -0.352 e. The van der Waals surface area contributed by atoms with Crippen LogP contribution < -0.4 is 5.32 Å². The average Bonchev–Trinajstić information content (AvgIpc) is 3.12. The molecule has 8 nitrogen and oxygen atoms in total. The number of sulfone groups is 1. The maximum Gasteiger partial charge on any atom is 0.230 e. The van der Waals surface area contributed by atoms with Crippen LogP contribution in [0.25, 0.3) is 5.69 Å². The van der Waals surface area contributed by atoms with Gasteiger partial charge in [-0.05, 0) is 29.0 Å². The molecule has 1 N–H and O–H groups in total. The van der Waals surface area contributed by atoms with E-state index in [0.29, 0.717) is 11.6 Å². The Balaban J connectivity index is 1.57. The van der Waals surface area contributed by atoms with E-state index < -0.39 is 9.84 Å². The number of hydrogen-bond acceptors (Lipinski definition) is 7. The Hall–Kier alpha value is -1.94. The summed E-state index contributed by atoms with van der Waals surface area (Å²) in [6, 6.07) is 9.08. The molecule has 0 radical (unpaired) electrons. The Morgan fingerprint density at radius 1 is 1.35 bits per heavy atom. The summed E-state index contributed by atoms with van der Waals surface area (Å²) in [5.41, 5.74) is 0.808. The van der Waals surface area contributed by atoms with Crippen molar-refractivity contribution in [1.29, 1.82) is 0 Å². The molecule has 0 aliphatic carbocycles. The molecule has 0 bridgehead atoms. The van der Waals surface area contributed by atoms with Crippen LogP contribution in [0.3, 0.4) is 0 Å². The summed E-state index contributed by atoms with van der Waals surface area (Å²) in [6.45, 7) is 0. The Kier molecular flexibility index (Phi) is 4.62. The summed E-state index contributed by atoms with van der Waals surface area (Å²) in [4.78, 5) is 11.9. The first-order valence-corrected chi connectivity index (χ1v) is 9.80. The molecule has 1 amide bonds. The second-order valence-electron chi connectivity index (χ2n) is 5.16. The highest BCUT2D eigenvalue weighted by Gasteiger charge is 2.28. The van der Waals surface area contributed by atoms with Crippen LogP contribution in [-0.4, -0.2) is 57.8 Å². The zero-order valence-corrected chi connectivity index (χ0v) is 13.8. The molecule has 2 aromatic rings. The number of para-hydroxylation sites is 1. The maximum absolute atomic E-state index is 11.9. The molecular weight excluding hydrogens is 338 g/mol. The van der Waals surface area contributed by atoms with Crippen LogP contribution in [0.4, 0.5) is 0 Å². The van der Waals surface area contributed by atoms with Gasteiger partial charge in [-0.15, -0.1) is 5.10 Å². The number of nitrogens with one attached hydrogen (secondary N) is 1. The highest BCUT2D eigenvalue weighted by molar-refractivity contribution is 7.99. The zero-order chi connectivity index (χ0) is 16.3. The minimum atomic E-state index is -3.00. The number of tetrazole rings is 1. The number of nitrogens with zero attached hydrogens (tertiary/aromatic N) is 4. The summed E-state index contributed by atoms with van der Waals surface area (Å²) in [5.74, 6) is 0.0615. The van der Waals surface area contributed by atoms with E-state index in [1.165, 1.54) is 11.8 Å². The van der Waals surface area contributed by atoms with E-state index >= 15 is 0 Å². The molecule has 1 aromatic heterocycles. The number of thioether (sulfide) groups is 1. The highest BCUT2D eigenvalue weighted by atomic mass is 32.2. The lowest BCUT2D eigenvalue weighted by Crippen LogP contribution is -2.36. The van der Waals surface area contributed by atoms with Crippen molar-refractivity contribution in [2.75, 3.05) is 17.3 Å². The summed E-state index contributed by atoms with van der Waals surface area (Å²) < 4.78 is 24.3. The van der Waals surface area contributed by atoms with Gasteiger partial charge in [-0.2, -0.15) is 4.68 Å². The maximum atomic E-state index is 11.9. The monoisotopic (exact) mass is 353 g/mol. The van der Waals surface area contributed by atoms with Gasteiger partial charge in [-0.1, -0.05) is 30.0 Å². The summed E-state index contributed by atoms with van der Waals surface area (Å²) in [5, 5.41) is 14.7. The van der Waals surface area contributed by atoms with Crippen LogP contribution in [0.15, 0.2) is 35.5 Å². The first-order chi connectivity index (χ1) is 11.0. The van der Waals surface area contributed by atoms with Crippen LogP contribution >= 0.6 is 11.8 Å². The normalized spacial score (nSPS) is 19.6. The van der Waals surface area contributed by atoms with Gasteiger partial charge in [-0.3, -0.25) is 4.79 Å². The van der Waals surface area contributed by atoms with Gasteiger partial charge in [0.15, 0.2) is 9.84 Å². The van der Waals surface area contributed by atoms with Gasteiger partial charge in [0.25, 0.3) is 0 Å². The molecule has 1 aliphatic rings. The molecule has 3 rings (SSSR count). The number of aromatic nitrogens is 4. The van der Waals surface area contributed by atoms with Gasteiger partial charge >= 0.3 is 0 Å². The quantitative estimate of drug-likeness (QED) is 0.757. The van der Waals surface area contributed by atoms with E-state index in [-0.39, 0.29) is 29.2 Å². The summed E-state index contributed by atoms with van der Waals surface area (Å²) >= 11 is 1.21. The lowest BCUT2D eigenvalue weighted by molar-refractivity contribution is -0.119. The third-order valence-electron chi connectivity index (χ3n) is 3.37. The second-order valence-corrected chi connectivity index (χ2v) is 8.34. The molecule has 1 atom stereocenters. The molecule has 1 fully saturated rings. The molecule has 2 heterocycles. The topological polar surface area (TPSA) is 107 Å². The minimum absolute atomic E-state index is 0.0190. The Morgan fingerprint density at radius 2 is 2.13 bits per heavy atom. The van der Waals surface area contributed by atoms with Crippen LogP contribution in [0.1, 0.15) is 6.42 Å². The van der Waals surface area contributed by atoms with Gasteiger partial charge in [0.05, 0.1) is 22.9 Å². The van der Waals surface area contributed by atoms with Crippen molar-refractivity contribution in [3.63, 3.8) is 0 Å². The molecule has 1 saturated heterocycles. The highest BCUT2D eigenvalue weighted by Crippen LogP contribution is 2.18. The molecule has 10 heteroatoms. The fraction of sp³-hybridized carbons (Fsp3) is 0.385. The number of rotatable bonds is 5. The van der Waals surface area contributed by atoms with E-state index in [0.717, 1.165) is 5.69 Å². The third kappa shape index (κ3) is 4.08. The molecule has 23 heavy (non-hydrogen) atoms. The number of carbonyl (C=O) groups is 1. The van der Waals surface area contributed by atoms with Gasteiger partial charge in [-0.25, -0.2) is 8.42 Å². The predicted octanol–water partition coefficient (Wildman–Crippen LogP) is 0.0577. The first kappa shape index (κ1) is 15.9. The lowest BCUT2D eigenvalue weighted by Gasteiger charge is -2.10. The van der Waals surface area contributed by atoms with E-state index in [9.17, 15) is 13.2 Å². The number of benzene rings is 1. The van der Waals surface area contributed by atoms with Crippen molar-refractivity contribution in [3.05, 3.63) is 30.3 Å². The summed E-state index contributed by atoms with van der Waals surface area (Å²) in [7, 11) is -3.00. The van der Waals surface area contributed by atoms with Crippen molar-refractivity contribution in [2.24, 2.45) is 0 Å². The summed E-state index contributed by atoms with van der Waals surface area (Å²) in [6.07, 6.45) is 0.473. The average molecular weight is 353 g/mol. The van der Waals surface area contributed by atoms with Crippen LogP contribution in [0.2, 0.25) is 0 Å². The zero-order valence-electron chi connectivity index (χ0n) is 12.1. The van der Waals surface area contributed by atoms with Crippen LogP contribution in [0, 0.1) is 0 Å². The molecule has 0 unspecified atom stereocenters. The van der Waals surface area contributed by atoms with Crippen molar-refractivity contribution in [3.8, 4) is 5.69 Å². The lowest BCUT2D eigenvalue weighted by atomic mass is 10.3. The van der Waals surface area contributed by atoms with Crippen molar-refractivity contribution in [1.82, 2.24) is 25.5 Å². The standard InChI is InChI=1S/C13H15N5O3S2/c19-12(14-10-6-7-23(20,21)9-10)8-22-13-15-16-17-18(13)11-4-2-1-3-5-11/h1-5,10H,6-9H2,(H,14,19)/t10-/m0/s1. The molecule has 0 saturated carbocycles. The van der Waals surface area contributed by atoms with E-state index in [4.69, 9.17) is 0 Å². The van der Waals surface area contributed by atoms with Gasteiger partial charge in [0, 0.05) is 6.04 Å². The second kappa shape index (κ2) is 6.67. The van der Waals surface area contributed by atoms with Crippen LogP contribution in [0.5, 0.6) is 0 Å². The van der Waals surface area contributed by atoms with Gasteiger partial charge in [0.2, 0.25) is 11.1 Å². The van der Waals surface area contributed by atoms with Crippen molar-refractivity contribution in [2.45, 2.75) is 17.6 Å². The van der Waals surface area contributed by atoms with Crippen molar-refractivity contribution < 1.29 is 13.2 Å². The van der Waals surface area contributed by atoms with Gasteiger partial charge in [0.1, 0.15) is 0 Å². The Labute approximate surface area is 137 Å². The molecule has 0 spiro atoms. The van der Waals surface area contributed by atoms with Crippen LogP contribution in [-0.2, 0) is 14.6 Å². The van der Waals surface area contributed by atoms with E-state index in [1.54, 1.807) is 4.68 Å². The predicted molar refractivity (Wildman–Crippen MR) is 85.1 cm³/mol. The Morgan fingerprint density at radius 3 is 2.83 bits per heavy atom. The van der Waals surface area contributed by atoms with Gasteiger partial charge < -0.3 is 5.32 Å². The fourth-order valence-corrected chi connectivity index (χ4v) is 4.68. The number of hydrogen-bond donors (Lipinski definition) is 1.